The third kappa shape index (κ3) is 3.51. The molecule has 8 aromatic carbocycles. The summed E-state index contributed by atoms with van der Waals surface area (Å²) < 4.78 is 0. The van der Waals surface area contributed by atoms with Crippen LogP contribution in [0.5, 0.6) is 0 Å². The van der Waals surface area contributed by atoms with Crippen LogP contribution in [0.3, 0.4) is 0 Å². The highest BCUT2D eigenvalue weighted by molar-refractivity contribution is 7.79. The van der Waals surface area contributed by atoms with Gasteiger partial charge >= 0.3 is 0 Å². The Kier molecular flexibility index (Phi) is 4.97. The minimum absolute atomic E-state index is 0.767. The van der Waals surface area contributed by atoms with Gasteiger partial charge < -0.3 is 0 Å². The van der Waals surface area contributed by atoms with E-state index in [1.165, 1.54) is 81.3 Å². The van der Waals surface area contributed by atoms with Crippen LogP contribution in [0.1, 0.15) is 0 Å². The lowest BCUT2D eigenvalue weighted by Crippen LogP contribution is -2.20. The summed E-state index contributed by atoms with van der Waals surface area (Å²) in [6, 6.07) is 56.8. The van der Waals surface area contributed by atoms with Gasteiger partial charge in [-0.2, -0.15) is 0 Å². The van der Waals surface area contributed by atoms with Gasteiger partial charge in [-0.1, -0.05) is 127 Å². The topological polar surface area (TPSA) is 0 Å². The molecule has 0 N–H and O–H groups in total. The highest BCUT2D eigenvalue weighted by Gasteiger charge is 2.23. The van der Waals surface area contributed by atoms with Crippen LogP contribution in [0.25, 0.3) is 65.3 Å². The monoisotopic (exact) mass is 536 g/mol. The van der Waals surface area contributed by atoms with Gasteiger partial charge in [-0.05, 0) is 113 Å². The minimum atomic E-state index is -0.767. The molecule has 0 radical (unpaired) electrons. The molecule has 0 heterocycles. The summed E-state index contributed by atoms with van der Waals surface area (Å²) in [7, 11) is -0.767. The first kappa shape index (κ1) is 23.0. The second-order valence-electron chi connectivity index (χ2n) is 11.0. The third-order valence-corrected chi connectivity index (χ3v) is 11.1. The molecule has 1 aliphatic carbocycles. The van der Waals surface area contributed by atoms with E-state index in [9.17, 15) is 0 Å². The molecule has 190 valence electrons. The fourth-order valence-corrected chi connectivity index (χ4v) is 9.17. The maximum Gasteiger partial charge on any atom is -0.00199 e. The minimum Gasteiger partial charge on any atom is -0.0616 e. The molecule has 0 unspecified atom stereocenters. The molecule has 0 amide bonds. The molecular weight excluding hydrogens is 511 g/mol. The Hall–Kier alpha value is -4.77. The van der Waals surface area contributed by atoms with Crippen LogP contribution < -0.4 is 15.9 Å². The second-order valence-corrected chi connectivity index (χ2v) is 13.2. The van der Waals surface area contributed by atoms with Crippen molar-refractivity contribution in [1.29, 1.82) is 0 Å². The van der Waals surface area contributed by atoms with Crippen molar-refractivity contribution in [2.45, 2.75) is 0 Å². The Morgan fingerprint density at radius 1 is 0.293 bits per heavy atom. The van der Waals surface area contributed by atoms with Crippen molar-refractivity contribution in [1.82, 2.24) is 0 Å². The Morgan fingerprint density at radius 3 is 1.46 bits per heavy atom. The van der Waals surface area contributed by atoms with Crippen LogP contribution in [0.4, 0.5) is 0 Å². The fraction of sp³-hybridized carbons (Fsp3) is 0. The van der Waals surface area contributed by atoms with Crippen LogP contribution >= 0.6 is 7.92 Å². The summed E-state index contributed by atoms with van der Waals surface area (Å²) >= 11 is 0. The van der Waals surface area contributed by atoms with Crippen molar-refractivity contribution < 1.29 is 0 Å². The molecule has 0 bridgehead atoms. The maximum atomic E-state index is 2.48. The second kappa shape index (κ2) is 8.87. The Labute approximate surface area is 240 Å². The molecule has 0 aliphatic heterocycles. The quantitative estimate of drug-likeness (QED) is 0.156. The van der Waals surface area contributed by atoms with Gasteiger partial charge in [0.05, 0.1) is 0 Å². The predicted molar refractivity (Wildman–Crippen MR) is 180 cm³/mol. The van der Waals surface area contributed by atoms with Crippen molar-refractivity contribution in [3.63, 3.8) is 0 Å². The molecule has 8 aromatic rings. The normalized spacial score (nSPS) is 12.1. The number of hydrogen-bond donors (Lipinski definition) is 0. The fourth-order valence-electron chi connectivity index (χ4n) is 6.81. The van der Waals surface area contributed by atoms with Crippen molar-refractivity contribution in [3.8, 4) is 22.3 Å². The smallest absolute Gasteiger partial charge is 0.00199 e. The lowest BCUT2D eigenvalue weighted by molar-refractivity contribution is 1.70. The average Bonchev–Trinajstić information content (AvgIpc) is 3.36. The van der Waals surface area contributed by atoms with Crippen molar-refractivity contribution in [3.05, 3.63) is 152 Å². The first-order valence-corrected chi connectivity index (χ1v) is 15.5. The number of fused-ring (bicyclic) bond motifs is 7. The van der Waals surface area contributed by atoms with Crippen LogP contribution in [0.2, 0.25) is 0 Å². The summed E-state index contributed by atoms with van der Waals surface area (Å²) in [6.45, 7) is 0. The first-order valence-electron chi connectivity index (χ1n) is 14.2. The Bertz CT molecular complexity index is 2250. The predicted octanol–water partition coefficient (Wildman–Crippen LogP) is 9.70. The molecule has 0 aromatic heterocycles. The van der Waals surface area contributed by atoms with E-state index in [1.807, 2.05) is 0 Å². The summed E-state index contributed by atoms with van der Waals surface area (Å²) in [5.74, 6) is 0. The molecule has 0 saturated heterocycles. The van der Waals surface area contributed by atoms with E-state index in [4.69, 9.17) is 0 Å². The molecule has 1 heteroatoms. The zero-order valence-corrected chi connectivity index (χ0v) is 23.3. The van der Waals surface area contributed by atoms with Gasteiger partial charge in [-0.25, -0.2) is 0 Å². The maximum absolute atomic E-state index is 2.48. The summed E-state index contributed by atoms with van der Waals surface area (Å²) in [5.41, 5.74) is 5.40. The first-order chi connectivity index (χ1) is 20.3. The largest absolute Gasteiger partial charge is 0.0616 e. The number of rotatable bonds is 3. The van der Waals surface area contributed by atoms with Gasteiger partial charge in [0.25, 0.3) is 0 Å². The van der Waals surface area contributed by atoms with Crippen molar-refractivity contribution in [2.24, 2.45) is 0 Å². The van der Waals surface area contributed by atoms with E-state index in [0.717, 1.165) is 0 Å². The van der Waals surface area contributed by atoms with E-state index < -0.39 is 7.92 Å². The van der Waals surface area contributed by atoms with Crippen molar-refractivity contribution in [2.75, 3.05) is 0 Å². The third-order valence-electron chi connectivity index (χ3n) is 8.71. The summed E-state index contributed by atoms with van der Waals surface area (Å²) in [4.78, 5) is 0. The molecule has 41 heavy (non-hydrogen) atoms. The van der Waals surface area contributed by atoms with Gasteiger partial charge in [0.1, 0.15) is 0 Å². The molecule has 0 nitrogen and oxygen atoms in total. The lowest BCUT2D eigenvalue weighted by Gasteiger charge is -2.21. The Morgan fingerprint density at radius 2 is 0.805 bits per heavy atom. The summed E-state index contributed by atoms with van der Waals surface area (Å²) in [6.07, 6.45) is 0. The molecule has 0 fully saturated rings. The van der Waals surface area contributed by atoms with Gasteiger partial charge in [-0.3, -0.25) is 0 Å². The molecule has 1 aliphatic rings. The van der Waals surface area contributed by atoms with Crippen LogP contribution in [-0.2, 0) is 0 Å². The zero-order chi connectivity index (χ0) is 26.9. The SMILES string of the molecule is c1ccc2c(c1)-c1cccc3c1c-2cc1ccc(P(c2ccc4ccccc4c2)c2ccc4ccccc4c2)cc13. The van der Waals surface area contributed by atoms with E-state index in [2.05, 4.69) is 152 Å². The average molecular weight is 537 g/mol. The summed E-state index contributed by atoms with van der Waals surface area (Å²) in [5, 5.41) is 14.7. The Balaban J connectivity index is 1.31. The standard InChI is InChI=1S/C40H25P/c1-3-10-28-22-31(19-16-26(28)8-1)41(32-20-17-27-9-2-4-11-29(27)23-32)33-21-18-30-24-39-35-13-6-5-12-34(35)36-14-7-15-37(40(36)39)38(30)25-33/h1-25H. The van der Waals surface area contributed by atoms with Crippen molar-refractivity contribution >= 4 is 66.9 Å². The van der Waals surface area contributed by atoms with E-state index in [-0.39, 0.29) is 0 Å². The van der Waals surface area contributed by atoms with E-state index in [1.54, 1.807) is 0 Å². The van der Waals surface area contributed by atoms with E-state index >= 15 is 0 Å². The van der Waals surface area contributed by atoms with Crippen LogP contribution in [0, 0.1) is 0 Å². The molecule has 9 rings (SSSR count). The highest BCUT2D eigenvalue weighted by Crippen LogP contribution is 2.49. The zero-order valence-electron chi connectivity index (χ0n) is 22.4. The van der Waals surface area contributed by atoms with E-state index in [0.29, 0.717) is 0 Å². The van der Waals surface area contributed by atoms with Gasteiger partial charge in [-0.15, -0.1) is 0 Å². The molecular formula is C40H25P. The highest BCUT2D eigenvalue weighted by atomic mass is 31.1. The number of hydrogen-bond acceptors (Lipinski definition) is 0. The van der Waals surface area contributed by atoms with Gasteiger partial charge in [0, 0.05) is 0 Å². The van der Waals surface area contributed by atoms with Gasteiger partial charge in [0.2, 0.25) is 0 Å². The van der Waals surface area contributed by atoms with Crippen LogP contribution in [0.15, 0.2) is 152 Å². The molecule has 0 spiro atoms. The molecule has 0 saturated carbocycles. The van der Waals surface area contributed by atoms with Crippen LogP contribution in [-0.4, -0.2) is 0 Å². The lowest BCUT2D eigenvalue weighted by atomic mass is 9.96. The molecule has 0 atom stereocenters. The van der Waals surface area contributed by atoms with Gasteiger partial charge in [0.15, 0.2) is 0 Å². The number of benzene rings is 8.